The van der Waals surface area contributed by atoms with Gasteiger partial charge in [-0.2, -0.15) is 0 Å². The third-order valence-electron chi connectivity index (χ3n) is 4.00. The number of carbonyl (C=O) groups excluding carboxylic acids is 2. The molecule has 3 rings (SSSR count). The first kappa shape index (κ1) is 15.9. The lowest BCUT2D eigenvalue weighted by molar-refractivity contribution is -0.118. The molecule has 0 fully saturated rings. The molecular weight excluding hydrogens is 308 g/mol. The van der Waals surface area contributed by atoms with Gasteiger partial charge in [0.25, 0.3) is 5.91 Å². The molecule has 2 aromatic rings. The molecule has 124 valence electrons. The zero-order chi connectivity index (χ0) is 17.4. The molecule has 7 heteroatoms. The molecule has 0 aliphatic carbocycles. The monoisotopic (exact) mass is 326 g/mol. The van der Waals surface area contributed by atoms with Crippen molar-refractivity contribution < 1.29 is 9.59 Å². The van der Waals surface area contributed by atoms with E-state index in [9.17, 15) is 14.4 Å². The van der Waals surface area contributed by atoms with Gasteiger partial charge in [-0.05, 0) is 24.1 Å². The van der Waals surface area contributed by atoms with Gasteiger partial charge < -0.3 is 9.88 Å². The lowest BCUT2D eigenvalue weighted by atomic mass is 9.98. The maximum Gasteiger partial charge on any atom is 0.261 e. The Morgan fingerprint density at radius 1 is 1.25 bits per heavy atom. The van der Waals surface area contributed by atoms with Crippen LogP contribution < -0.4 is 15.8 Å². The minimum atomic E-state index is -0.669. The highest BCUT2D eigenvalue weighted by Gasteiger charge is 2.40. The highest BCUT2D eigenvalue weighted by atomic mass is 16.2. The number of rotatable bonds is 2. The summed E-state index contributed by atoms with van der Waals surface area (Å²) in [6.45, 7) is 3.75. The number of aromatic nitrogens is 2. The summed E-state index contributed by atoms with van der Waals surface area (Å²) in [4.78, 5) is 42.8. The van der Waals surface area contributed by atoms with Crippen LogP contribution in [0, 0.1) is 5.92 Å². The van der Waals surface area contributed by atoms with Gasteiger partial charge in [0.2, 0.25) is 11.5 Å². The minimum absolute atomic E-state index is 0.100. The lowest BCUT2D eigenvalue weighted by Crippen LogP contribution is -2.54. The number of nitrogens with zero attached hydrogens (tertiary/aromatic N) is 3. The topological polar surface area (TPSA) is 84.3 Å². The van der Waals surface area contributed by atoms with Gasteiger partial charge in [0.1, 0.15) is 6.04 Å². The molecule has 1 aliphatic rings. The Morgan fingerprint density at radius 2 is 2.00 bits per heavy atom. The Morgan fingerprint density at radius 3 is 2.67 bits per heavy atom. The van der Waals surface area contributed by atoms with Crippen LogP contribution >= 0.6 is 0 Å². The van der Waals surface area contributed by atoms with Gasteiger partial charge in [0.15, 0.2) is 5.82 Å². The summed E-state index contributed by atoms with van der Waals surface area (Å²) in [6, 6.07) is 5.54. The van der Waals surface area contributed by atoms with Gasteiger partial charge in [-0.1, -0.05) is 13.8 Å². The first-order valence-corrected chi connectivity index (χ1v) is 7.66. The van der Waals surface area contributed by atoms with Crippen molar-refractivity contribution in [3.05, 3.63) is 52.6 Å². The Balaban J connectivity index is 2.13. The highest BCUT2D eigenvalue weighted by molar-refractivity contribution is 6.15. The van der Waals surface area contributed by atoms with Crippen molar-refractivity contribution in [3.8, 4) is 0 Å². The highest BCUT2D eigenvalue weighted by Crippen LogP contribution is 2.33. The number of hydrogen-bond acceptors (Lipinski definition) is 4. The Kier molecular flexibility index (Phi) is 3.92. The predicted molar refractivity (Wildman–Crippen MR) is 90.0 cm³/mol. The summed E-state index contributed by atoms with van der Waals surface area (Å²) in [5.74, 6) is -0.297. The number of hydrogen-bond donors (Lipinski definition) is 1. The maximum atomic E-state index is 13.1. The van der Waals surface area contributed by atoms with Crippen molar-refractivity contribution in [2.75, 3.05) is 10.2 Å². The normalized spacial score (nSPS) is 16.8. The van der Waals surface area contributed by atoms with Crippen molar-refractivity contribution >= 4 is 23.3 Å². The fourth-order valence-electron chi connectivity index (χ4n) is 2.83. The summed E-state index contributed by atoms with van der Waals surface area (Å²) in [5.41, 5.74) is 0.619. The number of aryl methyl sites for hydroxylation is 1. The standard InChI is InChI=1S/C17H18N4O3/c1-10(2)14-16(23)19-12-5-4-8-18-15(12)21(14)17(24)11-6-7-13(22)20(3)9-11/h4-10,14H,1-3H3,(H,19,23). The second kappa shape index (κ2) is 5.92. The van der Waals surface area contributed by atoms with Crippen LogP contribution in [0.15, 0.2) is 41.5 Å². The molecule has 1 unspecified atom stereocenters. The number of carbonyl (C=O) groups is 2. The molecule has 0 spiro atoms. The lowest BCUT2D eigenvalue weighted by Gasteiger charge is -2.37. The van der Waals surface area contributed by atoms with E-state index in [4.69, 9.17) is 0 Å². The number of fused-ring (bicyclic) bond motifs is 1. The van der Waals surface area contributed by atoms with Crippen LogP contribution in [-0.2, 0) is 11.8 Å². The molecule has 24 heavy (non-hydrogen) atoms. The van der Waals surface area contributed by atoms with E-state index >= 15 is 0 Å². The fraction of sp³-hybridized carbons (Fsp3) is 0.294. The van der Waals surface area contributed by atoms with Crippen molar-refractivity contribution in [3.63, 3.8) is 0 Å². The average Bonchev–Trinajstić information content (AvgIpc) is 2.55. The third kappa shape index (κ3) is 2.58. The van der Waals surface area contributed by atoms with E-state index in [-0.39, 0.29) is 23.3 Å². The number of pyridine rings is 2. The summed E-state index contributed by atoms with van der Waals surface area (Å²) < 4.78 is 1.33. The molecule has 1 N–H and O–H groups in total. The summed E-state index contributed by atoms with van der Waals surface area (Å²) in [7, 11) is 1.58. The smallest absolute Gasteiger partial charge is 0.261 e. The summed E-state index contributed by atoms with van der Waals surface area (Å²) in [6.07, 6.45) is 3.05. The number of amides is 2. The SMILES string of the molecule is CC(C)C1C(=O)Nc2cccnc2N1C(=O)c1ccc(=O)n(C)c1. The first-order chi connectivity index (χ1) is 11.4. The molecule has 0 bridgehead atoms. The van der Waals surface area contributed by atoms with E-state index < -0.39 is 6.04 Å². The second-order valence-electron chi connectivity index (χ2n) is 6.09. The van der Waals surface area contributed by atoms with E-state index in [0.717, 1.165) is 0 Å². The molecule has 7 nitrogen and oxygen atoms in total. The molecule has 2 aromatic heterocycles. The van der Waals surface area contributed by atoms with E-state index in [1.165, 1.54) is 27.8 Å². The van der Waals surface area contributed by atoms with Gasteiger partial charge in [-0.3, -0.25) is 19.3 Å². The van der Waals surface area contributed by atoms with E-state index in [2.05, 4.69) is 10.3 Å². The number of nitrogens with one attached hydrogen (secondary N) is 1. The fourth-order valence-corrected chi connectivity index (χ4v) is 2.83. The molecule has 2 amide bonds. The van der Waals surface area contributed by atoms with Gasteiger partial charge in [0, 0.05) is 25.5 Å². The van der Waals surface area contributed by atoms with Crippen LogP contribution in [0.5, 0.6) is 0 Å². The third-order valence-corrected chi connectivity index (χ3v) is 4.00. The van der Waals surface area contributed by atoms with Gasteiger partial charge >= 0.3 is 0 Å². The quantitative estimate of drug-likeness (QED) is 0.904. The average molecular weight is 326 g/mol. The zero-order valence-electron chi connectivity index (χ0n) is 13.7. The van der Waals surface area contributed by atoms with Crippen LogP contribution in [0.1, 0.15) is 24.2 Å². The zero-order valence-corrected chi connectivity index (χ0v) is 13.7. The first-order valence-electron chi connectivity index (χ1n) is 7.66. The van der Waals surface area contributed by atoms with Crippen LogP contribution in [0.3, 0.4) is 0 Å². The molecule has 3 heterocycles. The van der Waals surface area contributed by atoms with Crippen molar-refractivity contribution in [1.82, 2.24) is 9.55 Å². The van der Waals surface area contributed by atoms with E-state index in [1.54, 1.807) is 25.4 Å². The minimum Gasteiger partial charge on any atom is -0.321 e. The van der Waals surface area contributed by atoms with Crippen LogP contribution in [0.25, 0.3) is 0 Å². The Bertz CT molecular complexity index is 872. The van der Waals surface area contributed by atoms with Gasteiger partial charge in [-0.25, -0.2) is 4.98 Å². The molecule has 1 atom stereocenters. The molecule has 0 aromatic carbocycles. The molecule has 0 saturated heterocycles. The van der Waals surface area contributed by atoms with E-state index in [0.29, 0.717) is 17.1 Å². The van der Waals surface area contributed by atoms with Crippen LogP contribution in [0.4, 0.5) is 11.5 Å². The molecular formula is C17H18N4O3. The van der Waals surface area contributed by atoms with Crippen molar-refractivity contribution in [1.29, 1.82) is 0 Å². The molecule has 0 saturated carbocycles. The number of anilines is 2. The van der Waals surface area contributed by atoms with Crippen LogP contribution in [0.2, 0.25) is 0 Å². The summed E-state index contributed by atoms with van der Waals surface area (Å²) in [5, 5.41) is 2.80. The Hall–Kier alpha value is -2.96. The second-order valence-corrected chi connectivity index (χ2v) is 6.09. The molecule has 1 aliphatic heterocycles. The van der Waals surface area contributed by atoms with Gasteiger partial charge in [0.05, 0.1) is 11.3 Å². The summed E-state index contributed by atoms with van der Waals surface area (Å²) >= 11 is 0. The van der Waals surface area contributed by atoms with Crippen molar-refractivity contribution in [2.45, 2.75) is 19.9 Å². The van der Waals surface area contributed by atoms with Gasteiger partial charge in [-0.15, -0.1) is 0 Å². The Labute approximate surface area is 138 Å². The van der Waals surface area contributed by atoms with Crippen LogP contribution in [-0.4, -0.2) is 27.4 Å². The maximum absolute atomic E-state index is 13.1. The van der Waals surface area contributed by atoms with E-state index in [1.807, 2.05) is 13.8 Å². The predicted octanol–water partition coefficient (Wildman–Crippen LogP) is 1.40. The van der Waals surface area contributed by atoms with Crippen molar-refractivity contribution in [2.24, 2.45) is 13.0 Å². The molecule has 0 radical (unpaired) electrons. The largest absolute Gasteiger partial charge is 0.321 e.